The van der Waals surface area contributed by atoms with Gasteiger partial charge in [0, 0.05) is 16.1 Å². The molecule has 1 aromatic rings. The van der Waals surface area contributed by atoms with Gasteiger partial charge in [-0.2, -0.15) is 4.72 Å². The summed E-state index contributed by atoms with van der Waals surface area (Å²) in [7, 11) is -3.95. The molecule has 5 nitrogen and oxygen atoms in total. The molecule has 4 fully saturated rings. The van der Waals surface area contributed by atoms with Gasteiger partial charge in [0.05, 0.1) is 4.90 Å². The predicted molar refractivity (Wildman–Crippen MR) is 110 cm³/mol. The van der Waals surface area contributed by atoms with Crippen molar-refractivity contribution in [1.82, 2.24) is 10.0 Å². The van der Waals surface area contributed by atoms with Gasteiger partial charge in [0.2, 0.25) is 15.9 Å². The number of amides is 1. The lowest BCUT2D eigenvalue weighted by Gasteiger charge is -2.54. The Labute approximate surface area is 176 Å². The number of sulfonamides is 1. The van der Waals surface area contributed by atoms with Gasteiger partial charge < -0.3 is 5.32 Å². The maximum Gasteiger partial charge on any atom is 0.241 e. The second kappa shape index (κ2) is 7.15. The highest BCUT2D eigenvalue weighted by atomic mass is 35.5. The van der Waals surface area contributed by atoms with Gasteiger partial charge in [-0.15, -0.1) is 0 Å². The van der Waals surface area contributed by atoms with Crippen molar-refractivity contribution in [2.45, 2.75) is 62.4 Å². The summed E-state index contributed by atoms with van der Waals surface area (Å²) in [5.74, 6) is 2.39. The van der Waals surface area contributed by atoms with Crippen LogP contribution in [0.25, 0.3) is 0 Å². The zero-order valence-corrected chi connectivity index (χ0v) is 18.4. The fraction of sp³-hybridized carbons (Fsp3) is 0.650. The van der Waals surface area contributed by atoms with Gasteiger partial charge in [0.25, 0.3) is 0 Å². The Hall–Kier alpha value is -0.820. The molecule has 4 saturated carbocycles. The number of halogens is 2. The molecule has 8 heteroatoms. The first-order valence-corrected chi connectivity index (χ1v) is 12.1. The first kappa shape index (κ1) is 20.5. The third-order valence-corrected chi connectivity index (χ3v) is 8.70. The first-order valence-electron chi connectivity index (χ1n) is 9.84. The summed E-state index contributed by atoms with van der Waals surface area (Å²) in [6.45, 7) is 3.17. The molecular weight excluding hydrogens is 419 g/mol. The lowest BCUT2D eigenvalue weighted by atomic mass is 9.54. The number of benzene rings is 1. The summed E-state index contributed by atoms with van der Waals surface area (Å²) in [6.07, 6.45) is 6.09. The molecule has 28 heavy (non-hydrogen) atoms. The molecule has 0 saturated heterocycles. The second-order valence-electron chi connectivity index (χ2n) is 9.27. The minimum Gasteiger partial charge on any atom is -0.351 e. The van der Waals surface area contributed by atoms with Crippen molar-refractivity contribution >= 4 is 39.1 Å². The first-order chi connectivity index (χ1) is 13.0. The lowest BCUT2D eigenvalue weighted by Crippen LogP contribution is -2.62. The van der Waals surface area contributed by atoms with Crippen molar-refractivity contribution in [3.05, 3.63) is 28.2 Å². The number of carbonyl (C=O) groups excluding carboxylic acids is 1. The van der Waals surface area contributed by atoms with Crippen molar-refractivity contribution in [3.63, 3.8) is 0 Å². The second-order valence-corrected chi connectivity index (χ2v) is 11.8. The molecule has 0 heterocycles. The Bertz CT molecular complexity index is 852. The molecule has 0 atom stereocenters. The van der Waals surface area contributed by atoms with Crippen LogP contribution in [0.3, 0.4) is 0 Å². The van der Waals surface area contributed by atoms with Crippen molar-refractivity contribution in [2.75, 3.05) is 0 Å². The Balaban J connectivity index is 1.47. The molecule has 1 amide bonds. The SMILES string of the molecule is CC(C)(NS(=O)(=O)c1cc(Cl)cc(Cl)c1)C(=O)NC1C2CC3CC(C2)CC1C3. The molecule has 154 valence electrons. The van der Waals surface area contributed by atoms with Gasteiger partial charge in [-0.25, -0.2) is 8.42 Å². The Morgan fingerprint density at radius 2 is 1.46 bits per heavy atom. The van der Waals surface area contributed by atoms with E-state index in [1.807, 2.05) is 0 Å². The molecular formula is C20H26Cl2N2O3S. The molecule has 4 aliphatic carbocycles. The van der Waals surface area contributed by atoms with Crippen LogP contribution in [0.4, 0.5) is 0 Å². The van der Waals surface area contributed by atoms with E-state index in [0.29, 0.717) is 11.8 Å². The van der Waals surface area contributed by atoms with Crippen LogP contribution in [0, 0.1) is 23.7 Å². The number of nitrogens with one attached hydrogen (secondary N) is 2. The minimum atomic E-state index is -3.95. The van der Waals surface area contributed by atoms with Crippen LogP contribution >= 0.6 is 23.2 Å². The number of hydrogen-bond acceptors (Lipinski definition) is 3. The van der Waals surface area contributed by atoms with E-state index < -0.39 is 15.6 Å². The van der Waals surface area contributed by atoms with E-state index in [-0.39, 0.29) is 26.9 Å². The average Bonchev–Trinajstić information content (AvgIpc) is 2.55. The van der Waals surface area contributed by atoms with Gasteiger partial charge >= 0.3 is 0 Å². The van der Waals surface area contributed by atoms with Crippen LogP contribution < -0.4 is 10.0 Å². The van der Waals surface area contributed by atoms with Gasteiger partial charge in [0.1, 0.15) is 5.54 Å². The largest absolute Gasteiger partial charge is 0.351 e. The normalized spacial score (nSPS) is 31.8. The summed E-state index contributed by atoms with van der Waals surface area (Å²) in [5, 5.41) is 3.63. The van der Waals surface area contributed by atoms with Crippen LogP contribution in [0.15, 0.2) is 23.1 Å². The average molecular weight is 445 g/mol. The molecule has 0 spiro atoms. The number of carbonyl (C=O) groups is 1. The highest BCUT2D eigenvalue weighted by molar-refractivity contribution is 7.89. The number of rotatable bonds is 5. The van der Waals surface area contributed by atoms with E-state index >= 15 is 0 Å². The fourth-order valence-corrected chi connectivity index (χ4v) is 7.72. The summed E-state index contributed by atoms with van der Waals surface area (Å²) in [4.78, 5) is 13.0. The molecule has 1 aromatic carbocycles. The molecule has 4 aliphatic rings. The highest BCUT2D eigenvalue weighted by Crippen LogP contribution is 2.53. The molecule has 2 N–H and O–H groups in total. The third kappa shape index (κ3) is 3.93. The molecule has 0 radical (unpaired) electrons. The molecule has 0 aliphatic heterocycles. The van der Waals surface area contributed by atoms with Crippen LogP contribution in [-0.4, -0.2) is 25.9 Å². The molecule has 0 unspecified atom stereocenters. The maximum atomic E-state index is 13.0. The Morgan fingerprint density at radius 3 is 1.96 bits per heavy atom. The maximum absolute atomic E-state index is 13.0. The van der Waals surface area contributed by atoms with E-state index in [0.717, 1.165) is 11.8 Å². The van der Waals surface area contributed by atoms with Crippen LogP contribution in [-0.2, 0) is 14.8 Å². The van der Waals surface area contributed by atoms with Crippen molar-refractivity contribution in [2.24, 2.45) is 23.7 Å². The van der Waals surface area contributed by atoms with E-state index in [9.17, 15) is 13.2 Å². The van der Waals surface area contributed by atoms with Crippen LogP contribution in [0.5, 0.6) is 0 Å². The van der Waals surface area contributed by atoms with Crippen LogP contribution in [0.2, 0.25) is 10.0 Å². The van der Waals surface area contributed by atoms with Crippen LogP contribution in [0.1, 0.15) is 46.0 Å². The summed E-state index contributed by atoms with van der Waals surface area (Å²) in [6, 6.07) is 4.26. The third-order valence-electron chi connectivity index (χ3n) is 6.63. The summed E-state index contributed by atoms with van der Waals surface area (Å²) >= 11 is 11.9. The van der Waals surface area contributed by atoms with E-state index in [4.69, 9.17) is 23.2 Å². The zero-order chi connectivity index (χ0) is 20.3. The predicted octanol–water partition coefficient (Wildman–Crippen LogP) is 3.99. The molecule has 5 rings (SSSR count). The van der Waals surface area contributed by atoms with E-state index in [2.05, 4.69) is 10.0 Å². The Morgan fingerprint density at radius 1 is 0.964 bits per heavy atom. The topological polar surface area (TPSA) is 75.3 Å². The molecule has 4 bridgehead atoms. The van der Waals surface area contributed by atoms with E-state index in [1.54, 1.807) is 13.8 Å². The number of hydrogen-bond donors (Lipinski definition) is 2. The highest BCUT2D eigenvalue weighted by Gasteiger charge is 2.49. The fourth-order valence-electron chi connectivity index (χ4n) is 5.62. The van der Waals surface area contributed by atoms with Crippen molar-refractivity contribution in [3.8, 4) is 0 Å². The lowest BCUT2D eigenvalue weighted by molar-refractivity contribution is -0.129. The smallest absolute Gasteiger partial charge is 0.241 e. The summed E-state index contributed by atoms with van der Waals surface area (Å²) < 4.78 is 28.1. The van der Waals surface area contributed by atoms with Crippen molar-refractivity contribution < 1.29 is 13.2 Å². The minimum absolute atomic E-state index is 0.0551. The van der Waals surface area contributed by atoms with Gasteiger partial charge in [-0.05, 0) is 87.8 Å². The van der Waals surface area contributed by atoms with Gasteiger partial charge in [0.15, 0.2) is 0 Å². The monoisotopic (exact) mass is 444 g/mol. The van der Waals surface area contributed by atoms with E-state index in [1.165, 1.54) is 50.3 Å². The summed E-state index contributed by atoms with van der Waals surface area (Å²) in [5.41, 5.74) is -1.29. The zero-order valence-electron chi connectivity index (χ0n) is 16.0. The quantitative estimate of drug-likeness (QED) is 0.720. The Kier molecular flexibility index (Phi) is 5.22. The standard InChI is InChI=1S/C20H26Cl2N2O3S/c1-20(2,24-28(26,27)17-9-15(21)8-16(22)10-17)19(25)23-18-13-4-11-3-12(6-13)7-14(18)5-11/h8-14,18,24H,3-7H2,1-2H3,(H,23,25). The molecule has 0 aromatic heterocycles. The van der Waals surface area contributed by atoms with Gasteiger partial charge in [-0.1, -0.05) is 23.2 Å². The van der Waals surface area contributed by atoms with Crippen molar-refractivity contribution in [1.29, 1.82) is 0 Å². The van der Waals surface area contributed by atoms with Gasteiger partial charge in [-0.3, -0.25) is 4.79 Å².